The molecule has 0 aliphatic heterocycles. The average molecular weight is 196 g/mol. The molecule has 0 aromatic heterocycles. The summed E-state index contributed by atoms with van der Waals surface area (Å²) >= 11 is 1.68. The van der Waals surface area contributed by atoms with Crippen molar-refractivity contribution in [1.82, 2.24) is 0 Å². The Bertz CT molecular complexity index is 284. The smallest absolute Gasteiger partial charge is 0.298 e. The van der Waals surface area contributed by atoms with Gasteiger partial charge in [0, 0.05) is 5.25 Å². The Morgan fingerprint density at radius 3 is 2.69 bits per heavy atom. The molecule has 1 aromatic carbocycles. The van der Waals surface area contributed by atoms with Crippen LogP contribution in [0.1, 0.15) is 13.8 Å². The first kappa shape index (κ1) is 10.1. The van der Waals surface area contributed by atoms with Crippen molar-refractivity contribution in [3.8, 4) is 5.75 Å². The highest BCUT2D eigenvalue weighted by Crippen LogP contribution is 2.31. The summed E-state index contributed by atoms with van der Waals surface area (Å²) in [5.74, 6) is 0.635. The second kappa shape index (κ2) is 4.92. The third-order valence-electron chi connectivity index (χ3n) is 1.39. The fraction of sp³-hybridized carbons (Fsp3) is 0.300. The van der Waals surface area contributed by atoms with Gasteiger partial charge in [0.25, 0.3) is 6.47 Å². The molecule has 0 aliphatic carbocycles. The minimum atomic E-state index is 0.458. The topological polar surface area (TPSA) is 26.3 Å². The van der Waals surface area contributed by atoms with E-state index in [1.54, 1.807) is 17.8 Å². The van der Waals surface area contributed by atoms with E-state index in [0.29, 0.717) is 17.5 Å². The second-order valence-corrected chi connectivity index (χ2v) is 4.45. The van der Waals surface area contributed by atoms with Gasteiger partial charge < -0.3 is 4.74 Å². The summed E-state index contributed by atoms with van der Waals surface area (Å²) in [7, 11) is 0. The highest BCUT2D eigenvalue weighted by molar-refractivity contribution is 8.00. The minimum absolute atomic E-state index is 0.458. The minimum Gasteiger partial charge on any atom is -0.428 e. The van der Waals surface area contributed by atoms with Crippen molar-refractivity contribution in [2.75, 3.05) is 0 Å². The molecule has 0 N–H and O–H groups in total. The van der Waals surface area contributed by atoms with E-state index in [-0.39, 0.29) is 0 Å². The largest absolute Gasteiger partial charge is 0.428 e. The van der Waals surface area contributed by atoms with Gasteiger partial charge in [-0.25, -0.2) is 0 Å². The van der Waals surface area contributed by atoms with Crippen LogP contribution in [0.3, 0.4) is 0 Å². The van der Waals surface area contributed by atoms with E-state index in [1.807, 2.05) is 18.2 Å². The van der Waals surface area contributed by atoms with Gasteiger partial charge >= 0.3 is 0 Å². The summed E-state index contributed by atoms with van der Waals surface area (Å²) < 4.78 is 4.84. The van der Waals surface area contributed by atoms with Crippen LogP contribution in [0.15, 0.2) is 29.2 Å². The van der Waals surface area contributed by atoms with Crippen molar-refractivity contribution in [3.63, 3.8) is 0 Å². The Labute approximate surface area is 82.3 Å². The first-order chi connectivity index (χ1) is 6.24. The van der Waals surface area contributed by atoms with Crippen LogP contribution in [-0.4, -0.2) is 11.7 Å². The maximum absolute atomic E-state index is 10.2. The maximum atomic E-state index is 10.2. The number of ether oxygens (including phenoxy) is 1. The zero-order chi connectivity index (χ0) is 9.68. The van der Waals surface area contributed by atoms with Crippen molar-refractivity contribution in [2.24, 2.45) is 0 Å². The van der Waals surface area contributed by atoms with Crippen molar-refractivity contribution in [1.29, 1.82) is 0 Å². The molecular weight excluding hydrogens is 184 g/mol. The molecule has 1 aromatic rings. The average Bonchev–Trinajstić information content (AvgIpc) is 2.08. The Hall–Kier alpha value is -0.960. The lowest BCUT2D eigenvalue weighted by Gasteiger charge is -2.08. The molecule has 2 nitrogen and oxygen atoms in total. The number of thioether (sulfide) groups is 1. The first-order valence-electron chi connectivity index (χ1n) is 4.10. The molecule has 0 heterocycles. The van der Waals surface area contributed by atoms with E-state index in [1.165, 1.54) is 0 Å². The molecule has 0 saturated carbocycles. The van der Waals surface area contributed by atoms with Gasteiger partial charge in [-0.2, -0.15) is 0 Å². The second-order valence-electron chi connectivity index (χ2n) is 2.83. The van der Waals surface area contributed by atoms with Crippen molar-refractivity contribution in [2.45, 2.75) is 24.0 Å². The lowest BCUT2D eigenvalue weighted by atomic mass is 10.3. The number of hydrogen-bond acceptors (Lipinski definition) is 3. The fourth-order valence-corrected chi connectivity index (χ4v) is 1.85. The molecule has 70 valence electrons. The molecule has 0 atom stereocenters. The summed E-state index contributed by atoms with van der Waals surface area (Å²) in [5.41, 5.74) is 0. The summed E-state index contributed by atoms with van der Waals surface area (Å²) in [5, 5.41) is 0.483. The van der Waals surface area contributed by atoms with Crippen LogP contribution in [0, 0.1) is 0 Å². The van der Waals surface area contributed by atoms with Gasteiger partial charge in [-0.1, -0.05) is 26.0 Å². The molecule has 3 heteroatoms. The highest BCUT2D eigenvalue weighted by Gasteiger charge is 2.04. The van der Waals surface area contributed by atoms with E-state index < -0.39 is 0 Å². The van der Waals surface area contributed by atoms with Crippen molar-refractivity contribution in [3.05, 3.63) is 24.3 Å². The number of hydrogen-bond donors (Lipinski definition) is 0. The van der Waals surface area contributed by atoms with E-state index in [9.17, 15) is 4.79 Å². The SMILES string of the molecule is CC(C)Sc1ccccc1OC=O. The monoisotopic (exact) mass is 196 g/mol. The summed E-state index contributed by atoms with van der Waals surface area (Å²) in [6.07, 6.45) is 0. The van der Waals surface area contributed by atoms with Gasteiger partial charge in [-0.05, 0) is 12.1 Å². The van der Waals surface area contributed by atoms with Crippen LogP contribution in [0.5, 0.6) is 5.75 Å². The number of carbonyl (C=O) groups is 1. The first-order valence-corrected chi connectivity index (χ1v) is 4.98. The Balaban J connectivity index is 2.83. The molecule has 0 fully saturated rings. The molecule has 0 unspecified atom stereocenters. The zero-order valence-electron chi connectivity index (χ0n) is 7.69. The number of benzene rings is 1. The quantitative estimate of drug-likeness (QED) is 0.547. The highest BCUT2D eigenvalue weighted by atomic mass is 32.2. The van der Waals surface area contributed by atoms with Crippen LogP contribution in [0.4, 0.5) is 0 Å². The number of rotatable bonds is 4. The predicted octanol–water partition coefficient (Wildman–Crippen LogP) is 2.72. The Morgan fingerprint density at radius 1 is 1.38 bits per heavy atom. The van der Waals surface area contributed by atoms with Gasteiger partial charge in [-0.3, -0.25) is 4.79 Å². The normalized spacial score (nSPS) is 10.1. The van der Waals surface area contributed by atoms with E-state index in [0.717, 1.165) is 4.90 Å². The van der Waals surface area contributed by atoms with Gasteiger partial charge in [-0.15, -0.1) is 11.8 Å². The van der Waals surface area contributed by atoms with Crippen LogP contribution in [0.25, 0.3) is 0 Å². The molecule has 1 rings (SSSR count). The van der Waals surface area contributed by atoms with Gasteiger partial charge in [0.05, 0.1) is 4.90 Å². The van der Waals surface area contributed by atoms with Crippen LogP contribution >= 0.6 is 11.8 Å². The van der Waals surface area contributed by atoms with Gasteiger partial charge in [0.1, 0.15) is 5.75 Å². The molecule has 0 amide bonds. The Kier molecular flexibility index (Phi) is 3.83. The van der Waals surface area contributed by atoms with Gasteiger partial charge in [0.15, 0.2) is 0 Å². The molecule has 0 bridgehead atoms. The molecular formula is C10H12O2S. The fourth-order valence-electron chi connectivity index (χ4n) is 0.951. The molecule has 0 radical (unpaired) electrons. The lowest BCUT2D eigenvalue weighted by molar-refractivity contribution is -0.120. The van der Waals surface area contributed by atoms with Gasteiger partial charge in [0.2, 0.25) is 0 Å². The molecule has 0 saturated heterocycles. The van der Waals surface area contributed by atoms with Crippen molar-refractivity contribution < 1.29 is 9.53 Å². The van der Waals surface area contributed by atoms with Crippen LogP contribution in [-0.2, 0) is 4.79 Å². The zero-order valence-corrected chi connectivity index (χ0v) is 8.51. The number of carbonyl (C=O) groups excluding carboxylic acids is 1. The molecule has 13 heavy (non-hydrogen) atoms. The molecule has 0 spiro atoms. The van der Waals surface area contributed by atoms with E-state index in [4.69, 9.17) is 4.74 Å². The Morgan fingerprint density at radius 2 is 2.08 bits per heavy atom. The molecule has 0 aliphatic rings. The third kappa shape index (κ3) is 3.11. The van der Waals surface area contributed by atoms with E-state index in [2.05, 4.69) is 13.8 Å². The number of para-hydroxylation sites is 1. The third-order valence-corrected chi connectivity index (χ3v) is 2.45. The summed E-state index contributed by atoms with van der Waals surface area (Å²) in [4.78, 5) is 11.2. The van der Waals surface area contributed by atoms with Crippen molar-refractivity contribution >= 4 is 18.2 Å². The standard InChI is InChI=1S/C10H12O2S/c1-8(2)13-10-6-4-3-5-9(10)12-7-11/h3-8H,1-2H3. The summed E-state index contributed by atoms with van der Waals surface area (Å²) in [6.45, 7) is 4.66. The predicted molar refractivity (Wildman–Crippen MR) is 54.1 cm³/mol. The van der Waals surface area contributed by atoms with Crippen LogP contribution < -0.4 is 4.74 Å². The lowest BCUT2D eigenvalue weighted by Crippen LogP contribution is -1.93. The van der Waals surface area contributed by atoms with E-state index >= 15 is 0 Å². The van der Waals surface area contributed by atoms with Crippen LogP contribution in [0.2, 0.25) is 0 Å². The maximum Gasteiger partial charge on any atom is 0.298 e. The summed E-state index contributed by atoms with van der Waals surface area (Å²) in [6, 6.07) is 7.52.